The van der Waals surface area contributed by atoms with Gasteiger partial charge in [0.25, 0.3) is 0 Å². The molecule has 0 aliphatic rings. The van der Waals surface area contributed by atoms with E-state index in [9.17, 15) is 4.79 Å². The Balaban J connectivity index is 1.74. The number of aromatic nitrogens is 3. The van der Waals surface area contributed by atoms with Crippen molar-refractivity contribution in [2.45, 2.75) is 11.7 Å². The molecule has 3 aromatic carbocycles. The maximum absolute atomic E-state index is 12.5. The Kier molecular flexibility index (Phi) is 8.30. The van der Waals surface area contributed by atoms with Crippen LogP contribution in [0.2, 0.25) is 15.1 Å². The molecule has 1 aromatic heterocycles. The van der Waals surface area contributed by atoms with Crippen LogP contribution in [0.15, 0.2) is 83.1 Å². The molecule has 0 fully saturated rings. The average Bonchev–Trinajstić information content (AvgIpc) is 3.24. The number of anilines is 1. The summed E-state index contributed by atoms with van der Waals surface area (Å²) in [4.78, 5) is 12.5. The number of nitrogens with one attached hydrogen (secondary N) is 1. The molecule has 4 aromatic rings. The van der Waals surface area contributed by atoms with Gasteiger partial charge in [-0.15, -0.1) is 10.2 Å². The Morgan fingerprint density at radius 2 is 1.74 bits per heavy atom. The summed E-state index contributed by atoms with van der Waals surface area (Å²) in [6.45, 7) is 0.427. The molecule has 178 valence electrons. The molecule has 0 aliphatic carbocycles. The van der Waals surface area contributed by atoms with Crippen molar-refractivity contribution in [3.8, 4) is 11.4 Å². The van der Waals surface area contributed by atoms with Gasteiger partial charge in [0.1, 0.15) is 0 Å². The summed E-state index contributed by atoms with van der Waals surface area (Å²) in [7, 11) is 1.28. The van der Waals surface area contributed by atoms with Crippen LogP contribution in [-0.4, -0.2) is 32.9 Å². The second-order valence-corrected chi connectivity index (χ2v) is 9.31. The van der Waals surface area contributed by atoms with E-state index in [1.54, 1.807) is 42.5 Å². The monoisotopic (exact) mass is 545 g/mol. The van der Waals surface area contributed by atoms with Gasteiger partial charge >= 0.3 is 5.97 Å². The number of ether oxygens (including phenoxy) is 1. The molecule has 0 atom stereocenters. The molecule has 4 rings (SSSR count). The third kappa shape index (κ3) is 6.15. The van der Waals surface area contributed by atoms with E-state index in [2.05, 4.69) is 20.7 Å². The molecule has 0 aliphatic heterocycles. The first kappa shape index (κ1) is 25.1. The molecule has 11 heteroatoms. The lowest BCUT2D eigenvalue weighted by atomic mass is 10.2. The minimum Gasteiger partial charge on any atom is -0.464 e. The van der Waals surface area contributed by atoms with E-state index in [-0.39, 0.29) is 5.04 Å². The van der Waals surface area contributed by atoms with Crippen molar-refractivity contribution in [1.29, 1.82) is 0 Å². The molecule has 0 saturated heterocycles. The molecule has 0 bridgehead atoms. The molecule has 0 amide bonds. The predicted molar refractivity (Wildman–Crippen MR) is 141 cm³/mol. The molecule has 35 heavy (non-hydrogen) atoms. The van der Waals surface area contributed by atoms with Crippen LogP contribution in [0.4, 0.5) is 5.69 Å². The Morgan fingerprint density at radius 3 is 2.46 bits per heavy atom. The maximum Gasteiger partial charge on any atom is 0.365 e. The molecule has 1 heterocycles. The SMILES string of the molecule is COC(=O)C(=NNc1ccccc1Cl)Sc1nnc(-c2ccc(Cl)cc2Cl)n1Cc1ccccc1. The number of halogens is 3. The van der Waals surface area contributed by atoms with Crippen LogP contribution in [0.25, 0.3) is 11.4 Å². The van der Waals surface area contributed by atoms with Crippen LogP contribution in [0.1, 0.15) is 5.56 Å². The van der Waals surface area contributed by atoms with Crippen LogP contribution in [-0.2, 0) is 16.1 Å². The van der Waals surface area contributed by atoms with E-state index in [4.69, 9.17) is 39.5 Å². The van der Waals surface area contributed by atoms with Gasteiger partial charge in [-0.3, -0.25) is 9.99 Å². The van der Waals surface area contributed by atoms with Crippen molar-refractivity contribution in [1.82, 2.24) is 14.8 Å². The number of rotatable bonds is 6. The topological polar surface area (TPSA) is 81.4 Å². The highest BCUT2D eigenvalue weighted by atomic mass is 35.5. The van der Waals surface area contributed by atoms with Crippen LogP contribution < -0.4 is 5.43 Å². The van der Waals surface area contributed by atoms with Gasteiger partial charge in [-0.2, -0.15) is 5.10 Å². The largest absolute Gasteiger partial charge is 0.464 e. The molecule has 0 radical (unpaired) electrons. The number of hydrazone groups is 1. The zero-order chi connectivity index (χ0) is 24.8. The Morgan fingerprint density at radius 1 is 1.00 bits per heavy atom. The second kappa shape index (κ2) is 11.6. The number of carbonyl (C=O) groups is 1. The fraction of sp³-hybridized carbons (Fsp3) is 0.0833. The van der Waals surface area contributed by atoms with Gasteiger partial charge in [0.15, 0.2) is 11.0 Å². The first-order valence-corrected chi connectivity index (χ1v) is 12.2. The summed E-state index contributed by atoms with van der Waals surface area (Å²) in [5, 5.41) is 14.7. The van der Waals surface area contributed by atoms with E-state index in [1.165, 1.54) is 7.11 Å². The number of para-hydroxylation sites is 1. The van der Waals surface area contributed by atoms with Gasteiger partial charge in [0, 0.05) is 10.6 Å². The minimum atomic E-state index is -0.644. The highest BCUT2D eigenvalue weighted by molar-refractivity contribution is 8.15. The van der Waals surface area contributed by atoms with E-state index >= 15 is 0 Å². The molecular weight excluding hydrogens is 529 g/mol. The van der Waals surface area contributed by atoms with Gasteiger partial charge in [-0.05, 0) is 47.7 Å². The average molecular weight is 547 g/mol. The van der Waals surface area contributed by atoms with Crippen LogP contribution >= 0.6 is 46.6 Å². The van der Waals surface area contributed by atoms with Gasteiger partial charge in [-0.1, -0.05) is 77.3 Å². The Bertz CT molecular complexity index is 1380. The summed E-state index contributed by atoms with van der Waals surface area (Å²) in [5.41, 5.74) is 5.01. The molecule has 1 N–H and O–H groups in total. The van der Waals surface area contributed by atoms with Gasteiger partial charge < -0.3 is 4.74 Å². The number of benzene rings is 3. The second-order valence-electron chi connectivity index (χ2n) is 7.10. The lowest BCUT2D eigenvalue weighted by molar-refractivity contribution is -0.132. The minimum absolute atomic E-state index is 0.0166. The maximum atomic E-state index is 12.5. The predicted octanol–water partition coefficient (Wildman–Crippen LogP) is 6.64. The Hall–Kier alpha value is -3.04. The third-order valence-electron chi connectivity index (χ3n) is 4.77. The zero-order valence-corrected chi connectivity index (χ0v) is 21.4. The fourth-order valence-corrected chi connectivity index (χ4v) is 4.53. The van der Waals surface area contributed by atoms with Crippen molar-refractivity contribution in [3.63, 3.8) is 0 Å². The highest BCUT2D eigenvalue weighted by Gasteiger charge is 2.23. The highest BCUT2D eigenvalue weighted by Crippen LogP contribution is 2.32. The van der Waals surface area contributed by atoms with E-state index in [0.29, 0.717) is 43.8 Å². The van der Waals surface area contributed by atoms with Crippen molar-refractivity contribution >= 4 is 63.3 Å². The molecular formula is C24H18Cl3N5O2S. The van der Waals surface area contributed by atoms with E-state index in [1.807, 2.05) is 34.9 Å². The summed E-state index contributed by atoms with van der Waals surface area (Å²) >= 11 is 19.7. The molecule has 0 saturated carbocycles. The third-order valence-corrected chi connectivity index (χ3v) is 6.59. The number of carbonyl (C=O) groups excluding carboxylic acids is 1. The number of thioether (sulfide) groups is 1. The first-order chi connectivity index (χ1) is 17.0. The summed E-state index contributed by atoms with van der Waals surface area (Å²) < 4.78 is 6.78. The zero-order valence-electron chi connectivity index (χ0n) is 18.3. The van der Waals surface area contributed by atoms with Crippen LogP contribution in [0.5, 0.6) is 0 Å². The van der Waals surface area contributed by atoms with Crippen molar-refractivity contribution < 1.29 is 9.53 Å². The number of hydrogen-bond donors (Lipinski definition) is 1. The normalized spacial score (nSPS) is 11.4. The molecule has 0 unspecified atom stereocenters. The standard InChI is InChI=1S/C24H18Cl3N5O2S/c1-34-23(33)22(30-28-20-10-6-5-9-18(20)26)35-24-31-29-21(17-12-11-16(25)13-19(17)27)32(24)14-15-7-3-2-4-8-15/h2-13,28H,14H2,1H3. The van der Waals surface area contributed by atoms with Crippen LogP contribution in [0, 0.1) is 0 Å². The van der Waals surface area contributed by atoms with E-state index < -0.39 is 5.97 Å². The van der Waals surface area contributed by atoms with Gasteiger partial charge in [0.2, 0.25) is 5.04 Å². The first-order valence-electron chi connectivity index (χ1n) is 10.2. The lowest BCUT2D eigenvalue weighted by Gasteiger charge is -2.12. The number of nitrogens with zero attached hydrogens (tertiary/aromatic N) is 4. The van der Waals surface area contributed by atoms with Gasteiger partial charge in [-0.25, -0.2) is 4.79 Å². The molecule has 0 spiro atoms. The summed E-state index contributed by atoms with van der Waals surface area (Å²) in [6, 6.07) is 22.0. The summed E-state index contributed by atoms with van der Waals surface area (Å²) in [5.74, 6) is -0.129. The van der Waals surface area contributed by atoms with Crippen LogP contribution in [0.3, 0.4) is 0 Å². The van der Waals surface area contributed by atoms with Crippen molar-refractivity contribution in [2.75, 3.05) is 12.5 Å². The van der Waals surface area contributed by atoms with Crippen molar-refractivity contribution in [3.05, 3.63) is 93.4 Å². The smallest absolute Gasteiger partial charge is 0.365 e. The fourth-order valence-electron chi connectivity index (χ4n) is 3.09. The lowest BCUT2D eigenvalue weighted by Crippen LogP contribution is -2.15. The number of hydrogen-bond acceptors (Lipinski definition) is 7. The summed E-state index contributed by atoms with van der Waals surface area (Å²) in [6.07, 6.45) is 0. The van der Waals surface area contributed by atoms with Gasteiger partial charge in [0.05, 0.1) is 29.4 Å². The Labute approximate surface area is 221 Å². The number of methoxy groups -OCH3 is 1. The number of esters is 1. The van der Waals surface area contributed by atoms with Crippen molar-refractivity contribution in [2.24, 2.45) is 5.10 Å². The quantitative estimate of drug-likeness (QED) is 0.0959. The molecule has 7 nitrogen and oxygen atoms in total. The van der Waals surface area contributed by atoms with E-state index in [0.717, 1.165) is 17.3 Å².